The molecule has 0 amide bonds. The summed E-state index contributed by atoms with van der Waals surface area (Å²) in [4.78, 5) is 11.1. The Morgan fingerprint density at radius 1 is 1.31 bits per heavy atom. The van der Waals surface area contributed by atoms with E-state index in [-0.39, 0.29) is 5.97 Å². The Balaban J connectivity index is 2.37. The Kier molecular flexibility index (Phi) is 4.54. The van der Waals surface area contributed by atoms with Gasteiger partial charge in [0, 0.05) is 5.33 Å². The zero-order valence-electron chi connectivity index (χ0n) is 7.20. The van der Waals surface area contributed by atoms with Crippen LogP contribution in [0.5, 0.6) is 0 Å². The van der Waals surface area contributed by atoms with Gasteiger partial charge >= 0.3 is 5.97 Å². The summed E-state index contributed by atoms with van der Waals surface area (Å²) in [6.45, 7) is 0.436. The van der Waals surface area contributed by atoms with Gasteiger partial charge in [-0.15, -0.1) is 0 Å². The van der Waals surface area contributed by atoms with Crippen molar-refractivity contribution < 1.29 is 9.53 Å². The highest BCUT2D eigenvalue weighted by Crippen LogP contribution is 2.00. The fourth-order valence-corrected chi connectivity index (χ4v) is 1.13. The first-order valence-electron chi connectivity index (χ1n) is 4.08. The molecule has 13 heavy (non-hydrogen) atoms. The average Bonchev–Trinajstić information content (AvgIpc) is 2.16. The van der Waals surface area contributed by atoms with Crippen molar-refractivity contribution in [1.82, 2.24) is 0 Å². The number of hydrogen-bond donors (Lipinski definition) is 0. The maximum Gasteiger partial charge on any atom is 0.310 e. The lowest BCUT2D eigenvalue weighted by atomic mass is 10.2. The van der Waals surface area contributed by atoms with Crippen molar-refractivity contribution in [1.29, 1.82) is 0 Å². The highest BCUT2D eigenvalue weighted by Gasteiger charge is 2.02. The third-order valence-electron chi connectivity index (χ3n) is 1.53. The monoisotopic (exact) mass is 242 g/mol. The number of esters is 1. The predicted octanol–water partition coefficient (Wildman–Crippen LogP) is 2.17. The van der Waals surface area contributed by atoms with Crippen molar-refractivity contribution in [2.75, 3.05) is 11.9 Å². The third-order valence-corrected chi connectivity index (χ3v) is 1.86. The Bertz CT molecular complexity index is 259. The Hall–Kier alpha value is -0.830. The van der Waals surface area contributed by atoms with Crippen molar-refractivity contribution >= 4 is 21.9 Å². The fourth-order valence-electron chi connectivity index (χ4n) is 0.966. The topological polar surface area (TPSA) is 26.3 Å². The van der Waals surface area contributed by atoms with Crippen LogP contribution in [-0.4, -0.2) is 17.9 Å². The van der Waals surface area contributed by atoms with Crippen LogP contribution in [0.25, 0.3) is 0 Å². The van der Waals surface area contributed by atoms with E-state index in [0.29, 0.717) is 18.4 Å². The van der Waals surface area contributed by atoms with Crippen LogP contribution in [0.15, 0.2) is 30.3 Å². The molecule has 0 N–H and O–H groups in total. The molecule has 3 heteroatoms. The summed E-state index contributed by atoms with van der Waals surface area (Å²) in [7, 11) is 0. The van der Waals surface area contributed by atoms with Crippen molar-refractivity contribution in [2.45, 2.75) is 6.42 Å². The van der Waals surface area contributed by atoms with E-state index >= 15 is 0 Å². The predicted molar refractivity (Wildman–Crippen MR) is 54.9 cm³/mol. The lowest BCUT2D eigenvalue weighted by molar-refractivity contribution is -0.142. The van der Waals surface area contributed by atoms with Gasteiger partial charge in [-0.2, -0.15) is 0 Å². The van der Waals surface area contributed by atoms with Gasteiger partial charge in [0.05, 0.1) is 6.42 Å². The van der Waals surface area contributed by atoms with Gasteiger partial charge in [0.25, 0.3) is 0 Å². The zero-order chi connectivity index (χ0) is 9.52. The summed E-state index contributed by atoms with van der Waals surface area (Å²) in [6, 6.07) is 9.57. The van der Waals surface area contributed by atoms with E-state index in [9.17, 15) is 4.79 Å². The van der Waals surface area contributed by atoms with Crippen LogP contribution >= 0.6 is 15.9 Å². The highest BCUT2D eigenvalue weighted by molar-refractivity contribution is 9.09. The minimum Gasteiger partial charge on any atom is -0.465 e. The molecule has 0 saturated carbocycles. The van der Waals surface area contributed by atoms with Crippen LogP contribution in [0.1, 0.15) is 5.56 Å². The van der Waals surface area contributed by atoms with Crippen LogP contribution < -0.4 is 0 Å². The summed E-state index contributed by atoms with van der Waals surface area (Å²) < 4.78 is 4.91. The fraction of sp³-hybridized carbons (Fsp3) is 0.300. The number of rotatable bonds is 4. The third kappa shape index (κ3) is 4.08. The largest absolute Gasteiger partial charge is 0.465 e. The molecule has 0 radical (unpaired) electrons. The second-order valence-electron chi connectivity index (χ2n) is 2.57. The molecule has 0 aromatic heterocycles. The molecule has 70 valence electrons. The number of halogens is 1. The number of carbonyl (C=O) groups is 1. The van der Waals surface area contributed by atoms with Crippen LogP contribution in [0.2, 0.25) is 0 Å². The second kappa shape index (κ2) is 5.75. The van der Waals surface area contributed by atoms with E-state index in [2.05, 4.69) is 15.9 Å². The average molecular weight is 243 g/mol. The first kappa shape index (κ1) is 10.3. The van der Waals surface area contributed by atoms with E-state index in [1.54, 1.807) is 0 Å². The smallest absolute Gasteiger partial charge is 0.310 e. The minimum atomic E-state index is -0.175. The summed E-state index contributed by atoms with van der Waals surface area (Å²) in [5.74, 6) is -0.175. The van der Waals surface area contributed by atoms with Gasteiger partial charge in [0.15, 0.2) is 0 Å². The molecule has 0 saturated heterocycles. The molecular formula is C10H11BrO2. The molecule has 0 aliphatic carbocycles. The lowest BCUT2D eigenvalue weighted by Gasteiger charge is -2.01. The van der Waals surface area contributed by atoms with Crippen molar-refractivity contribution in [2.24, 2.45) is 0 Å². The maximum absolute atomic E-state index is 11.1. The van der Waals surface area contributed by atoms with Crippen molar-refractivity contribution in [3.63, 3.8) is 0 Å². The summed E-state index contributed by atoms with van der Waals surface area (Å²) in [5, 5.41) is 0.688. The molecule has 0 atom stereocenters. The van der Waals surface area contributed by atoms with E-state index in [4.69, 9.17) is 4.74 Å². The van der Waals surface area contributed by atoms with Crippen LogP contribution in [-0.2, 0) is 16.0 Å². The molecule has 0 bridgehead atoms. The molecule has 0 heterocycles. The van der Waals surface area contributed by atoms with Crippen molar-refractivity contribution in [3.8, 4) is 0 Å². The van der Waals surface area contributed by atoms with Gasteiger partial charge in [-0.25, -0.2) is 0 Å². The number of benzene rings is 1. The van der Waals surface area contributed by atoms with E-state index in [1.807, 2.05) is 30.3 Å². The number of alkyl halides is 1. The summed E-state index contributed by atoms with van der Waals surface area (Å²) in [6.07, 6.45) is 0.355. The van der Waals surface area contributed by atoms with Gasteiger partial charge in [-0.1, -0.05) is 46.3 Å². The van der Waals surface area contributed by atoms with Gasteiger partial charge in [0.1, 0.15) is 6.61 Å². The first-order valence-corrected chi connectivity index (χ1v) is 5.20. The SMILES string of the molecule is O=C(Cc1ccccc1)OCCBr. The molecular weight excluding hydrogens is 232 g/mol. The van der Waals surface area contributed by atoms with Gasteiger partial charge in [-0.3, -0.25) is 4.79 Å². The normalized spacial score (nSPS) is 9.62. The number of ether oxygens (including phenoxy) is 1. The van der Waals surface area contributed by atoms with Crippen LogP contribution in [0, 0.1) is 0 Å². The summed E-state index contributed by atoms with van der Waals surface area (Å²) in [5.41, 5.74) is 0.988. The molecule has 0 aliphatic rings. The van der Waals surface area contributed by atoms with Gasteiger partial charge < -0.3 is 4.74 Å². The highest BCUT2D eigenvalue weighted by atomic mass is 79.9. The zero-order valence-corrected chi connectivity index (χ0v) is 8.79. The molecule has 0 unspecified atom stereocenters. The molecule has 1 rings (SSSR count). The lowest BCUT2D eigenvalue weighted by Crippen LogP contribution is -2.09. The van der Waals surface area contributed by atoms with E-state index < -0.39 is 0 Å². The number of carbonyl (C=O) groups excluding carboxylic acids is 1. The Morgan fingerprint density at radius 3 is 2.62 bits per heavy atom. The Morgan fingerprint density at radius 2 is 2.00 bits per heavy atom. The molecule has 2 nitrogen and oxygen atoms in total. The molecule has 1 aromatic carbocycles. The Labute approximate surface area is 86.0 Å². The van der Waals surface area contributed by atoms with Crippen molar-refractivity contribution in [3.05, 3.63) is 35.9 Å². The quantitative estimate of drug-likeness (QED) is 0.598. The van der Waals surface area contributed by atoms with E-state index in [1.165, 1.54) is 0 Å². The van der Waals surface area contributed by atoms with Gasteiger partial charge in [0.2, 0.25) is 0 Å². The molecule has 0 spiro atoms. The summed E-state index contributed by atoms with van der Waals surface area (Å²) >= 11 is 3.19. The molecule has 1 aromatic rings. The second-order valence-corrected chi connectivity index (χ2v) is 3.36. The minimum absolute atomic E-state index is 0.175. The van der Waals surface area contributed by atoms with Gasteiger partial charge in [-0.05, 0) is 5.56 Å². The van der Waals surface area contributed by atoms with Crippen LogP contribution in [0.3, 0.4) is 0 Å². The molecule has 0 fully saturated rings. The van der Waals surface area contributed by atoms with Crippen LogP contribution in [0.4, 0.5) is 0 Å². The standard InChI is InChI=1S/C10H11BrO2/c11-6-7-13-10(12)8-9-4-2-1-3-5-9/h1-5H,6-8H2. The maximum atomic E-state index is 11.1. The molecule has 0 aliphatic heterocycles. The number of hydrogen-bond acceptors (Lipinski definition) is 2. The first-order chi connectivity index (χ1) is 6.33. The van der Waals surface area contributed by atoms with E-state index in [0.717, 1.165) is 5.56 Å².